The van der Waals surface area contributed by atoms with E-state index in [1.54, 1.807) is 66.9 Å². The lowest BCUT2D eigenvalue weighted by Gasteiger charge is -2.27. The van der Waals surface area contributed by atoms with Crippen LogP contribution in [-0.2, 0) is 28.9 Å². The Morgan fingerprint density at radius 2 is 1.67 bits per heavy atom. The second kappa shape index (κ2) is 13.0. The number of carbonyl (C=O) groups is 2. The molecule has 2 amide bonds. The van der Waals surface area contributed by atoms with Crippen LogP contribution in [0.5, 0.6) is 5.75 Å². The van der Waals surface area contributed by atoms with Gasteiger partial charge in [0.1, 0.15) is 11.2 Å². The molecule has 0 N–H and O–H groups in total. The van der Waals surface area contributed by atoms with E-state index in [9.17, 15) is 27.6 Å². The molecule has 0 saturated carbocycles. The monoisotopic (exact) mass is 638 g/mol. The second-order valence-corrected chi connectivity index (χ2v) is 11.9. The van der Waals surface area contributed by atoms with Crippen LogP contribution in [0.1, 0.15) is 38.3 Å². The first-order valence-electron chi connectivity index (χ1n) is 15.1. The molecule has 0 bridgehead atoms. The average Bonchev–Trinajstić information content (AvgIpc) is 3.50. The first kappa shape index (κ1) is 32.8. The van der Waals surface area contributed by atoms with E-state index >= 15 is 0 Å². The largest absolute Gasteiger partial charge is 0.493 e. The van der Waals surface area contributed by atoms with Gasteiger partial charge >= 0.3 is 6.18 Å². The number of rotatable bonds is 11. The highest BCUT2D eigenvalue weighted by Crippen LogP contribution is 2.40. The summed E-state index contributed by atoms with van der Waals surface area (Å²) >= 11 is 0. The molecule has 0 fully saturated rings. The summed E-state index contributed by atoms with van der Waals surface area (Å²) in [6.45, 7) is 7.56. The maximum atomic E-state index is 13.2. The highest BCUT2D eigenvalue weighted by Gasteiger charge is 2.45. The van der Waals surface area contributed by atoms with Crippen LogP contribution in [0.4, 0.5) is 24.5 Å². The van der Waals surface area contributed by atoms with Crippen LogP contribution in [0.3, 0.4) is 0 Å². The number of benzene rings is 2. The smallest absolute Gasteiger partial charge is 0.416 e. The van der Waals surface area contributed by atoms with Gasteiger partial charge in [-0.15, -0.1) is 0 Å². The van der Waals surface area contributed by atoms with Crippen molar-refractivity contribution < 1.29 is 31.9 Å². The Bertz CT molecular complexity index is 1780. The van der Waals surface area contributed by atoms with Crippen molar-refractivity contribution in [2.75, 3.05) is 43.1 Å². The number of halogens is 3. The Hall–Kier alpha value is -4.58. The maximum absolute atomic E-state index is 13.2. The fourth-order valence-corrected chi connectivity index (χ4v) is 5.69. The van der Waals surface area contributed by atoms with Crippen molar-refractivity contribution in [2.45, 2.75) is 46.5 Å². The molecule has 244 valence electrons. The zero-order chi connectivity index (χ0) is 33.2. The summed E-state index contributed by atoms with van der Waals surface area (Å²) in [7, 11) is 1.65. The number of carbonyl (C=O) groups excluding carboxylic acids is 2. The summed E-state index contributed by atoms with van der Waals surface area (Å²) < 4.78 is 52.3. The number of alkyl halides is 3. The molecule has 3 heterocycles. The fraction of sp³-hybridized carbons (Fsp3) is 0.382. The molecule has 2 aromatic heterocycles. The molecule has 0 saturated heterocycles. The second-order valence-electron chi connectivity index (χ2n) is 11.9. The molecular weight excluding hydrogens is 601 g/mol. The summed E-state index contributed by atoms with van der Waals surface area (Å²) in [6.07, 6.45) is -0.674. The third-order valence-corrected chi connectivity index (χ3v) is 8.35. The van der Waals surface area contributed by atoms with Crippen molar-refractivity contribution in [3.05, 3.63) is 88.5 Å². The Labute approximate surface area is 264 Å². The van der Waals surface area contributed by atoms with Gasteiger partial charge in [0.2, 0.25) is 11.8 Å². The SMILES string of the molecule is CCN1C(=O)C(C)(C)C(=O)N(C)c2cc(OCCCN(CCn3ccc4ccoc4c3=O)Cc3ccc(C(F)(F)F)cc3)ccc21. The molecule has 0 unspecified atom stereocenters. The van der Waals surface area contributed by atoms with Gasteiger partial charge in [-0.05, 0) is 69.2 Å². The summed E-state index contributed by atoms with van der Waals surface area (Å²) in [4.78, 5) is 44.3. The highest BCUT2D eigenvalue weighted by molar-refractivity contribution is 6.20. The zero-order valence-electron chi connectivity index (χ0n) is 26.3. The zero-order valence-corrected chi connectivity index (χ0v) is 26.3. The predicted octanol–water partition coefficient (Wildman–Crippen LogP) is 5.94. The molecule has 1 aliphatic heterocycles. The molecule has 0 spiro atoms. The van der Waals surface area contributed by atoms with E-state index in [0.717, 1.165) is 12.1 Å². The third kappa shape index (κ3) is 6.67. The molecule has 4 aromatic rings. The van der Waals surface area contributed by atoms with Crippen LogP contribution >= 0.6 is 0 Å². The van der Waals surface area contributed by atoms with E-state index in [2.05, 4.69) is 4.90 Å². The van der Waals surface area contributed by atoms with Gasteiger partial charge in [-0.3, -0.25) is 19.3 Å². The van der Waals surface area contributed by atoms with Crippen molar-refractivity contribution in [3.8, 4) is 5.75 Å². The number of fused-ring (bicyclic) bond motifs is 2. The molecule has 0 radical (unpaired) electrons. The number of amides is 2. The van der Waals surface area contributed by atoms with Gasteiger partial charge in [0.25, 0.3) is 5.56 Å². The minimum Gasteiger partial charge on any atom is -0.493 e. The van der Waals surface area contributed by atoms with Gasteiger partial charge in [-0.1, -0.05) is 12.1 Å². The molecule has 12 heteroatoms. The quantitative estimate of drug-likeness (QED) is 0.149. The first-order valence-corrected chi connectivity index (χ1v) is 15.1. The number of hydrogen-bond donors (Lipinski definition) is 0. The topological polar surface area (TPSA) is 88.2 Å². The molecule has 2 aromatic carbocycles. The van der Waals surface area contributed by atoms with Gasteiger partial charge in [0.05, 0.1) is 29.8 Å². The van der Waals surface area contributed by atoms with Crippen molar-refractivity contribution in [2.24, 2.45) is 5.41 Å². The average molecular weight is 639 g/mol. The van der Waals surface area contributed by atoms with E-state index < -0.39 is 17.2 Å². The lowest BCUT2D eigenvalue weighted by atomic mass is 9.90. The molecule has 5 rings (SSSR count). The minimum atomic E-state index is -4.42. The number of ether oxygens (including phenoxy) is 1. The van der Waals surface area contributed by atoms with Crippen LogP contribution in [0.15, 0.2) is 76.3 Å². The van der Waals surface area contributed by atoms with Gasteiger partial charge in [0, 0.05) is 57.4 Å². The number of anilines is 2. The van der Waals surface area contributed by atoms with E-state index in [1.165, 1.54) is 23.3 Å². The summed E-state index contributed by atoms with van der Waals surface area (Å²) in [6, 6.07) is 13.9. The van der Waals surface area contributed by atoms with E-state index in [4.69, 9.17) is 9.15 Å². The normalized spacial score (nSPS) is 15.0. The van der Waals surface area contributed by atoms with E-state index in [1.807, 2.05) is 6.92 Å². The van der Waals surface area contributed by atoms with Crippen molar-refractivity contribution >= 4 is 34.2 Å². The number of pyridine rings is 1. The van der Waals surface area contributed by atoms with Gasteiger partial charge < -0.3 is 23.5 Å². The van der Waals surface area contributed by atoms with Crippen molar-refractivity contribution in [1.82, 2.24) is 9.47 Å². The highest BCUT2D eigenvalue weighted by atomic mass is 19.4. The molecule has 46 heavy (non-hydrogen) atoms. The van der Waals surface area contributed by atoms with Gasteiger partial charge in [-0.25, -0.2) is 0 Å². The number of nitrogens with zero attached hydrogens (tertiary/aromatic N) is 4. The first-order chi connectivity index (χ1) is 21.8. The Morgan fingerprint density at radius 3 is 2.37 bits per heavy atom. The molecule has 1 aliphatic rings. The Balaban J connectivity index is 1.27. The van der Waals surface area contributed by atoms with Gasteiger partial charge in [-0.2, -0.15) is 13.2 Å². The summed E-state index contributed by atoms with van der Waals surface area (Å²) in [5.41, 5.74) is 0.0118. The third-order valence-electron chi connectivity index (χ3n) is 8.35. The fourth-order valence-electron chi connectivity index (χ4n) is 5.69. The predicted molar refractivity (Wildman–Crippen MR) is 169 cm³/mol. The van der Waals surface area contributed by atoms with E-state index in [0.29, 0.717) is 73.8 Å². The molecule has 0 aliphatic carbocycles. The lowest BCUT2D eigenvalue weighted by molar-refractivity contribution is -0.138. The Morgan fingerprint density at radius 1 is 0.935 bits per heavy atom. The number of furan rings is 1. The summed E-state index contributed by atoms with van der Waals surface area (Å²) in [5, 5.41) is 0.714. The number of hydrogen-bond acceptors (Lipinski definition) is 6. The molecular formula is C34H37F3N4O5. The maximum Gasteiger partial charge on any atom is 0.416 e. The molecule has 0 atom stereocenters. The van der Waals surface area contributed by atoms with Crippen LogP contribution < -0.4 is 20.1 Å². The van der Waals surface area contributed by atoms with Gasteiger partial charge in [0.15, 0.2) is 5.58 Å². The van der Waals surface area contributed by atoms with Crippen LogP contribution in [0, 0.1) is 5.41 Å². The lowest BCUT2D eigenvalue weighted by Crippen LogP contribution is -2.47. The van der Waals surface area contributed by atoms with E-state index in [-0.39, 0.29) is 23.0 Å². The standard InChI is InChI=1S/C34H37F3N4O5/c1-5-41-27-12-11-26(21-28(27)38(4)31(43)33(2,3)32(41)44)45-19-6-15-39(22-23-7-9-25(10-8-23)34(35,36)37)17-18-40-16-13-24-14-20-46-29(24)30(40)42/h7-14,16,20-21H,5-6,15,17-19,22H2,1-4H3. The van der Waals surface area contributed by atoms with Crippen LogP contribution in [0.2, 0.25) is 0 Å². The Kier molecular flexibility index (Phi) is 9.29. The molecule has 9 nitrogen and oxygen atoms in total. The van der Waals surface area contributed by atoms with Crippen LogP contribution in [0.25, 0.3) is 11.0 Å². The minimum absolute atomic E-state index is 0.251. The number of aromatic nitrogens is 1. The summed E-state index contributed by atoms with van der Waals surface area (Å²) in [5.74, 6) is -0.0380. The van der Waals surface area contributed by atoms with Crippen LogP contribution in [-0.4, -0.2) is 54.6 Å². The van der Waals surface area contributed by atoms with Crippen molar-refractivity contribution in [3.63, 3.8) is 0 Å². The van der Waals surface area contributed by atoms with Crippen molar-refractivity contribution in [1.29, 1.82) is 0 Å².